The Morgan fingerprint density at radius 2 is 0.857 bits per heavy atom. The van der Waals surface area contributed by atoms with E-state index >= 15 is 0 Å². The molecule has 0 radical (unpaired) electrons. The molecule has 0 saturated heterocycles. The van der Waals surface area contributed by atoms with Gasteiger partial charge < -0.3 is 13.6 Å². The molecule has 1 heterocycles. The van der Waals surface area contributed by atoms with E-state index in [2.05, 4.69) is 145 Å². The summed E-state index contributed by atoms with van der Waals surface area (Å²) in [5, 5.41) is 6.94. The SMILES string of the molecule is Cn1c2ccccc2c2ccc(OP(c3ccccc3)c3ccccc3)c(OP(c3ccccc3)c3ccccc3)c21. The Labute approximate surface area is 248 Å². The molecular formula is C37H29NO2P2. The highest BCUT2D eigenvalue weighted by molar-refractivity contribution is 7.69. The van der Waals surface area contributed by atoms with Crippen LogP contribution in [0.25, 0.3) is 21.8 Å². The van der Waals surface area contributed by atoms with E-state index in [0.29, 0.717) is 0 Å². The largest absolute Gasteiger partial charge is 0.461 e. The van der Waals surface area contributed by atoms with Crippen molar-refractivity contribution in [3.63, 3.8) is 0 Å². The Morgan fingerprint density at radius 1 is 0.429 bits per heavy atom. The molecule has 0 N–H and O–H groups in total. The maximum atomic E-state index is 7.24. The van der Waals surface area contributed by atoms with Crippen LogP contribution in [0.4, 0.5) is 0 Å². The lowest BCUT2D eigenvalue weighted by Gasteiger charge is -2.25. The van der Waals surface area contributed by atoms with Crippen LogP contribution in [0.5, 0.6) is 11.5 Å². The van der Waals surface area contributed by atoms with E-state index in [1.165, 1.54) is 5.39 Å². The minimum Gasteiger partial charge on any atom is -0.461 e. The lowest BCUT2D eigenvalue weighted by atomic mass is 10.1. The summed E-state index contributed by atoms with van der Waals surface area (Å²) >= 11 is 0. The molecule has 1 aromatic heterocycles. The van der Waals surface area contributed by atoms with Crippen molar-refractivity contribution in [3.05, 3.63) is 158 Å². The zero-order valence-corrected chi connectivity index (χ0v) is 25.0. The second-order valence-corrected chi connectivity index (χ2v) is 13.6. The average Bonchev–Trinajstić information content (AvgIpc) is 3.36. The van der Waals surface area contributed by atoms with Crippen molar-refractivity contribution in [2.45, 2.75) is 0 Å². The topological polar surface area (TPSA) is 23.4 Å². The molecule has 204 valence electrons. The minimum atomic E-state index is -1.18. The van der Waals surface area contributed by atoms with Gasteiger partial charge in [-0.1, -0.05) is 140 Å². The molecule has 0 spiro atoms. The standard InChI is InChI=1S/C37H29NO2P2/c1-38-34-25-15-14-24-32(34)33-26-27-35(39-41(28-16-6-2-7-17-28)29-18-8-3-9-19-29)37(36(33)38)40-42(30-20-10-4-11-21-30)31-22-12-5-13-23-31/h2-27H,1H3. The molecule has 7 rings (SSSR count). The normalized spacial score (nSPS) is 11.4. The van der Waals surface area contributed by atoms with Crippen LogP contribution in [-0.4, -0.2) is 4.57 Å². The van der Waals surface area contributed by atoms with E-state index in [9.17, 15) is 0 Å². The fraction of sp³-hybridized carbons (Fsp3) is 0.0270. The average molecular weight is 582 g/mol. The Hall–Kier alpha value is -4.42. The number of aryl methyl sites for hydroxylation is 1. The van der Waals surface area contributed by atoms with Gasteiger partial charge in [0.1, 0.15) is 0 Å². The lowest BCUT2D eigenvalue weighted by Crippen LogP contribution is -2.17. The molecule has 0 fully saturated rings. The van der Waals surface area contributed by atoms with Gasteiger partial charge in [0.2, 0.25) is 0 Å². The maximum Gasteiger partial charge on any atom is 0.190 e. The monoisotopic (exact) mass is 581 g/mol. The summed E-state index contributed by atoms with van der Waals surface area (Å²) in [6.07, 6.45) is 0. The van der Waals surface area contributed by atoms with Gasteiger partial charge in [-0.05, 0) is 18.2 Å². The van der Waals surface area contributed by atoms with Crippen LogP contribution >= 0.6 is 16.3 Å². The van der Waals surface area contributed by atoms with Gasteiger partial charge in [-0.2, -0.15) is 0 Å². The fourth-order valence-electron chi connectivity index (χ4n) is 5.33. The molecular weight excluding hydrogens is 552 g/mol. The Morgan fingerprint density at radius 3 is 1.36 bits per heavy atom. The van der Waals surface area contributed by atoms with E-state index in [4.69, 9.17) is 9.05 Å². The number of rotatable bonds is 8. The fourth-order valence-corrected chi connectivity index (χ4v) is 8.82. The molecule has 42 heavy (non-hydrogen) atoms. The first-order valence-corrected chi connectivity index (χ1v) is 16.5. The zero-order valence-electron chi connectivity index (χ0n) is 23.2. The van der Waals surface area contributed by atoms with Gasteiger partial charge in [-0.3, -0.25) is 0 Å². The quantitative estimate of drug-likeness (QED) is 0.169. The number of para-hydroxylation sites is 1. The second-order valence-electron chi connectivity index (χ2n) is 9.98. The van der Waals surface area contributed by atoms with Gasteiger partial charge in [0.25, 0.3) is 0 Å². The Balaban J connectivity index is 1.44. The number of hydrogen-bond acceptors (Lipinski definition) is 2. The van der Waals surface area contributed by atoms with Crippen molar-refractivity contribution in [2.75, 3.05) is 0 Å². The molecule has 7 aromatic rings. The van der Waals surface area contributed by atoms with Crippen LogP contribution in [0.1, 0.15) is 0 Å². The number of fused-ring (bicyclic) bond motifs is 3. The number of hydrogen-bond donors (Lipinski definition) is 0. The number of nitrogens with zero attached hydrogens (tertiary/aromatic N) is 1. The van der Waals surface area contributed by atoms with Crippen LogP contribution < -0.4 is 30.3 Å². The van der Waals surface area contributed by atoms with E-state index in [0.717, 1.165) is 49.1 Å². The lowest BCUT2D eigenvalue weighted by molar-refractivity contribution is 0.557. The highest BCUT2D eigenvalue weighted by Crippen LogP contribution is 2.50. The highest BCUT2D eigenvalue weighted by atomic mass is 31.1. The summed E-state index contributed by atoms with van der Waals surface area (Å²) in [5.41, 5.74) is 2.19. The molecule has 3 nitrogen and oxygen atoms in total. The Bertz CT molecular complexity index is 1860. The van der Waals surface area contributed by atoms with Gasteiger partial charge >= 0.3 is 0 Å². The Kier molecular flexibility index (Phi) is 7.45. The van der Waals surface area contributed by atoms with Crippen molar-refractivity contribution in [2.24, 2.45) is 7.05 Å². The van der Waals surface area contributed by atoms with Crippen LogP contribution in [0.2, 0.25) is 0 Å². The summed E-state index contributed by atoms with van der Waals surface area (Å²) in [7, 11) is -0.209. The molecule has 0 bridgehead atoms. The van der Waals surface area contributed by atoms with Gasteiger partial charge in [-0.25, -0.2) is 0 Å². The van der Waals surface area contributed by atoms with E-state index in [-0.39, 0.29) is 0 Å². The molecule has 0 aliphatic heterocycles. The minimum absolute atomic E-state index is 0.742. The van der Waals surface area contributed by atoms with Crippen LogP contribution in [0.15, 0.2) is 158 Å². The van der Waals surface area contributed by atoms with E-state index in [1.807, 2.05) is 24.3 Å². The van der Waals surface area contributed by atoms with Crippen molar-refractivity contribution in [1.29, 1.82) is 0 Å². The molecule has 6 aromatic carbocycles. The smallest absolute Gasteiger partial charge is 0.190 e. The summed E-state index contributed by atoms with van der Waals surface area (Å²) in [6, 6.07) is 54.8. The summed E-state index contributed by atoms with van der Waals surface area (Å²) in [6.45, 7) is 0. The second kappa shape index (κ2) is 11.8. The first-order valence-electron chi connectivity index (χ1n) is 13.9. The zero-order chi connectivity index (χ0) is 28.3. The van der Waals surface area contributed by atoms with Crippen molar-refractivity contribution >= 4 is 59.3 Å². The third kappa shape index (κ3) is 5.07. The third-order valence-electron chi connectivity index (χ3n) is 7.32. The van der Waals surface area contributed by atoms with Crippen molar-refractivity contribution < 1.29 is 9.05 Å². The number of benzene rings is 6. The number of aromatic nitrogens is 1. The van der Waals surface area contributed by atoms with Gasteiger partial charge in [0.15, 0.2) is 27.8 Å². The predicted molar refractivity (Wildman–Crippen MR) is 180 cm³/mol. The van der Waals surface area contributed by atoms with Crippen LogP contribution in [0.3, 0.4) is 0 Å². The summed E-state index contributed by atoms with van der Waals surface area (Å²) < 4.78 is 16.6. The predicted octanol–water partition coefficient (Wildman–Crippen LogP) is 8.18. The molecule has 0 amide bonds. The molecule has 5 heteroatoms. The first kappa shape index (κ1) is 26.5. The summed E-state index contributed by atoms with van der Waals surface area (Å²) in [5.74, 6) is 1.51. The van der Waals surface area contributed by atoms with Crippen molar-refractivity contribution in [3.8, 4) is 11.5 Å². The first-order chi connectivity index (χ1) is 20.8. The van der Waals surface area contributed by atoms with Crippen LogP contribution in [-0.2, 0) is 7.05 Å². The highest BCUT2D eigenvalue weighted by Gasteiger charge is 2.26. The van der Waals surface area contributed by atoms with E-state index < -0.39 is 16.3 Å². The summed E-state index contributed by atoms with van der Waals surface area (Å²) in [4.78, 5) is 0. The molecule has 0 aliphatic carbocycles. The molecule has 0 atom stereocenters. The third-order valence-corrected chi connectivity index (χ3v) is 11.1. The molecule has 0 unspecified atom stereocenters. The van der Waals surface area contributed by atoms with Crippen molar-refractivity contribution in [1.82, 2.24) is 4.57 Å². The maximum absolute atomic E-state index is 7.24. The molecule has 0 aliphatic rings. The van der Waals surface area contributed by atoms with E-state index in [1.54, 1.807) is 0 Å². The van der Waals surface area contributed by atoms with Crippen LogP contribution in [0, 0.1) is 0 Å². The van der Waals surface area contributed by atoms with Gasteiger partial charge in [0, 0.05) is 44.6 Å². The van der Waals surface area contributed by atoms with Gasteiger partial charge in [0.05, 0.1) is 5.52 Å². The molecule has 0 saturated carbocycles. The van der Waals surface area contributed by atoms with Gasteiger partial charge in [-0.15, -0.1) is 0 Å².